The van der Waals surface area contributed by atoms with E-state index >= 15 is 0 Å². The van der Waals surface area contributed by atoms with Crippen LogP contribution < -0.4 is 20.5 Å². The molecule has 1 amide bonds. The standard InChI is InChI=1S/C23H26F6N6O3S/c1-21-7-2-8-32-39(21,37)12-22(10-24,35-20(21)30)17-14(25)4-6-16(33-17)34-18(36)15-5-3-13(9-31-15)38-11-23(28,29)19(26)27/h3-6,9,19,32,37H,2,7-8,10-12H2,1H3,(H2,30,35)(H,33,34,36)/t21-,22-/m0/s1. The van der Waals surface area contributed by atoms with E-state index in [9.17, 15) is 35.7 Å². The largest absolute Gasteiger partial charge is 0.485 e. The number of halogens is 6. The lowest BCUT2D eigenvalue weighted by molar-refractivity contribution is -0.148. The maximum atomic E-state index is 15.0. The van der Waals surface area contributed by atoms with Gasteiger partial charge in [0, 0.05) is 12.3 Å². The summed E-state index contributed by atoms with van der Waals surface area (Å²) in [6.07, 6.45) is -1.80. The van der Waals surface area contributed by atoms with E-state index in [0.717, 1.165) is 30.5 Å². The smallest absolute Gasteiger partial charge is 0.340 e. The van der Waals surface area contributed by atoms with Crippen LogP contribution in [0.5, 0.6) is 5.75 Å². The number of hydrogen-bond donors (Lipinski definition) is 4. The molecular weight excluding hydrogens is 554 g/mol. The Labute approximate surface area is 220 Å². The summed E-state index contributed by atoms with van der Waals surface area (Å²) in [6.45, 7) is -0.622. The first-order valence-corrected chi connectivity index (χ1v) is 13.4. The SMILES string of the molecule is C[C@@]12CCCNS1(O)C[C@@](CF)(c1nc(NC(=O)c3ccc(OCC(F)(F)C(F)F)cn3)ccc1F)N=C2N. The maximum absolute atomic E-state index is 15.0. The van der Waals surface area contributed by atoms with E-state index in [1.54, 1.807) is 6.92 Å². The fourth-order valence-corrected chi connectivity index (χ4v) is 7.41. The summed E-state index contributed by atoms with van der Waals surface area (Å²) in [5, 5.41) is 2.37. The lowest BCUT2D eigenvalue weighted by Gasteiger charge is -2.57. The third kappa shape index (κ3) is 5.36. The van der Waals surface area contributed by atoms with Crippen molar-refractivity contribution in [3.63, 3.8) is 0 Å². The molecule has 2 aromatic heterocycles. The molecule has 0 bridgehead atoms. The summed E-state index contributed by atoms with van der Waals surface area (Å²) >= 11 is 0. The quantitative estimate of drug-likeness (QED) is 0.347. The van der Waals surface area contributed by atoms with Crippen molar-refractivity contribution in [1.82, 2.24) is 14.7 Å². The molecule has 0 aromatic carbocycles. The van der Waals surface area contributed by atoms with Crippen molar-refractivity contribution < 1.29 is 40.4 Å². The predicted molar refractivity (Wildman–Crippen MR) is 133 cm³/mol. The third-order valence-electron chi connectivity index (χ3n) is 6.71. The number of rotatable bonds is 8. The third-order valence-corrected chi connectivity index (χ3v) is 10.2. The minimum atomic E-state index is -4.37. The number of carbonyl (C=O) groups is 1. The number of amidine groups is 1. The lowest BCUT2D eigenvalue weighted by atomic mass is 9.95. The zero-order chi connectivity index (χ0) is 28.6. The molecule has 0 spiro atoms. The number of carbonyl (C=O) groups excluding carboxylic acids is 1. The van der Waals surface area contributed by atoms with Gasteiger partial charge in [-0.15, -0.1) is 0 Å². The van der Waals surface area contributed by atoms with Gasteiger partial charge >= 0.3 is 12.3 Å². The van der Waals surface area contributed by atoms with Crippen LogP contribution in [-0.4, -0.2) is 68.9 Å². The number of ether oxygens (including phenoxy) is 1. The van der Waals surface area contributed by atoms with Crippen LogP contribution >= 0.6 is 10.5 Å². The zero-order valence-corrected chi connectivity index (χ0v) is 21.4. The highest BCUT2D eigenvalue weighted by Gasteiger charge is 2.57. The number of hydrogen-bond acceptors (Lipinski definition) is 8. The Bertz CT molecular complexity index is 1270. The second-order valence-corrected chi connectivity index (χ2v) is 12.3. The molecule has 3 atom stereocenters. The molecule has 5 N–H and O–H groups in total. The van der Waals surface area contributed by atoms with Gasteiger partial charge in [-0.05, 0) is 44.0 Å². The first kappa shape index (κ1) is 28.9. The summed E-state index contributed by atoms with van der Waals surface area (Å²) in [5.41, 5.74) is 3.56. The molecule has 9 nitrogen and oxygen atoms in total. The number of fused-ring (bicyclic) bond motifs is 1. The molecule has 1 unspecified atom stereocenters. The van der Waals surface area contributed by atoms with Crippen molar-refractivity contribution in [3.8, 4) is 5.75 Å². The van der Waals surface area contributed by atoms with E-state index in [0.29, 0.717) is 19.4 Å². The minimum absolute atomic E-state index is 0.0236. The molecule has 0 saturated carbocycles. The average molecular weight is 581 g/mol. The van der Waals surface area contributed by atoms with E-state index in [1.807, 2.05) is 0 Å². The Morgan fingerprint density at radius 1 is 1.33 bits per heavy atom. The Hall–Kier alpha value is -3.11. The second-order valence-electron chi connectivity index (χ2n) is 9.45. The summed E-state index contributed by atoms with van der Waals surface area (Å²) in [4.78, 5) is 24.8. The van der Waals surface area contributed by atoms with Crippen molar-refractivity contribution in [3.05, 3.63) is 47.7 Å². The van der Waals surface area contributed by atoms with E-state index < -0.39 is 63.8 Å². The highest BCUT2D eigenvalue weighted by atomic mass is 32.3. The summed E-state index contributed by atoms with van der Waals surface area (Å²) in [6, 6.07) is 4.23. The Morgan fingerprint density at radius 2 is 2.08 bits per heavy atom. The molecule has 214 valence electrons. The van der Waals surface area contributed by atoms with Crippen LogP contribution in [0.15, 0.2) is 35.5 Å². The topological polar surface area (TPSA) is 135 Å². The van der Waals surface area contributed by atoms with Crippen LogP contribution in [-0.2, 0) is 5.54 Å². The first-order valence-electron chi connectivity index (χ1n) is 11.7. The summed E-state index contributed by atoms with van der Waals surface area (Å²) < 4.78 is 98.4. The van der Waals surface area contributed by atoms with Gasteiger partial charge in [0.25, 0.3) is 5.91 Å². The fraction of sp³-hybridized carbons (Fsp3) is 0.478. The molecule has 0 aliphatic carbocycles. The van der Waals surface area contributed by atoms with Gasteiger partial charge in [0.15, 0.2) is 6.61 Å². The van der Waals surface area contributed by atoms with Crippen LogP contribution in [0.4, 0.5) is 32.2 Å². The Morgan fingerprint density at radius 3 is 2.72 bits per heavy atom. The van der Waals surface area contributed by atoms with Gasteiger partial charge in [0.1, 0.15) is 46.8 Å². The van der Waals surface area contributed by atoms with Crippen LogP contribution in [0.3, 0.4) is 0 Å². The Balaban J connectivity index is 1.55. The number of anilines is 1. The molecule has 16 heteroatoms. The number of alkyl halides is 5. The molecule has 39 heavy (non-hydrogen) atoms. The highest BCUT2D eigenvalue weighted by Crippen LogP contribution is 2.62. The highest BCUT2D eigenvalue weighted by molar-refractivity contribution is 8.29. The predicted octanol–water partition coefficient (Wildman–Crippen LogP) is 4.02. The van der Waals surface area contributed by atoms with Crippen molar-refractivity contribution in [1.29, 1.82) is 0 Å². The number of pyridine rings is 2. The van der Waals surface area contributed by atoms with Crippen LogP contribution in [0, 0.1) is 5.82 Å². The molecule has 2 aliphatic heterocycles. The maximum Gasteiger partial charge on any atom is 0.340 e. The molecule has 1 fully saturated rings. The zero-order valence-electron chi connectivity index (χ0n) is 20.6. The van der Waals surface area contributed by atoms with Gasteiger partial charge in [0.2, 0.25) is 0 Å². The van der Waals surface area contributed by atoms with Gasteiger partial charge in [-0.3, -0.25) is 14.5 Å². The number of amides is 1. The molecule has 2 aliphatic rings. The van der Waals surface area contributed by atoms with E-state index in [4.69, 9.17) is 5.73 Å². The van der Waals surface area contributed by atoms with E-state index in [1.165, 1.54) is 0 Å². The van der Waals surface area contributed by atoms with Gasteiger partial charge in [-0.1, -0.05) is 10.5 Å². The van der Waals surface area contributed by atoms with E-state index in [-0.39, 0.29) is 28.8 Å². The van der Waals surface area contributed by atoms with Crippen molar-refractivity contribution in [2.24, 2.45) is 10.7 Å². The molecule has 4 heterocycles. The normalized spacial score (nSPS) is 28.7. The number of nitrogens with two attached hydrogens (primary N) is 1. The second kappa shape index (κ2) is 10.5. The Kier molecular flexibility index (Phi) is 7.75. The van der Waals surface area contributed by atoms with Crippen molar-refractivity contribution >= 4 is 28.1 Å². The molecule has 1 saturated heterocycles. The monoisotopic (exact) mass is 580 g/mol. The summed E-state index contributed by atoms with van der Waals surface area (Å²) in [7, 11) is -2.77. The number of aliphatic imine (C=N–C) groups is 1. The molecule has 0 radical (unpaired) electrons. The van der Waals surface area contributed by atoms with Crippen LogP contribution in [0.25, 0.3) is 0 Å². The molecule has 4 rings (SSSR count). The van der Waals surface area contributed by atoms with Gasteiger partial charge in [0.05, 0.1) is 10.9 Å². The average Bonchev–Trinajstić information content (AvgIpc) is 2.89. The van der Waals surface area contributed by atoms with Crippen LogP contribution in [0.1, 0.15) is 35.9 Å². The number of nitrogens with one attached hydrogen (secondary N) is 2. The summed E-state index contributed by atoms with van der Waals surface area (Å²) in [5.74, 6) is -6.93. The van der Waals surface area contributed by atoms with Gasteiger partial charge < -0.3 is 20.3 Å². The first-order chi connectivity index (χ1) is 18.3. The van der Waals surface area contributed by atoms with Crippen molar-refractivity contribution in [2.45, 2.75) is 42.4 Å². The lowest BCUT2D eigenvalue weighted by Crippen LogP contribution is -2.61. The fourth-order valence-electron chi connectivity index (χ4n) is 4.35. The van der Waals surface area contributed by atoms with Gasteiger partial charge in [-0.25, -0.2) is 27.5 Å². The number of nitrogens with zero attached hydrogens (tertiary/aromatic N) is 3. The number of aromatic nitrogens is 2. The molecule has 2 aromatic rings. The van der Waals surface area contributed by atoms with Gasteiger partial charge in [-0.2, -0.15) is 8.78 Å². The minimum Gasteiger partial charge on any atom is -0.485 e. The molecular formula is C23H26F6N6O3S. The van der Waals surface area contributed by atoms with Crippen LogP contribution in [0.2, 0.25) is 0 Å². The van der Waals surface area contributed by atoms with E-state index in [2.05, 4.69) is 29.7 Å². The van der Waals surface area contributed by atoms with Crippen molar-refractivity contribution in [2.75, 3.05) is 30.9 Å².